The second-order valence-electron chi connectivity index (χ2n) is 8.55. The van der Waals surface area contributed by atoms with Gasteiger partial charge < -0.3 is 29.6 Å². The van der Waals surface area contributed by atoms with Crippen LogP contribution in [-0.2, 0) is 6.42 Å². The maximum absolute atomic E-state index is 12.0. The first-order chi connectivity index (χ1) is 17.2. The Hall–Kier alpha value is -4.65. The normalized spacial score (nSPS) is 12.8. The fourth-order valence-electron chi connectivity index (χ4n) is 3.79. The molecule has 7 heteroatoms. The third-order valence-electron chi connectivity index (χ3n) is 5.58. The van der Waals surface area contributed by atoms with Gasteiger partial charge in [-0.05, 0) is 61.2 Å². The van der Waals surface area contributed by atoms with E-state index < -0.39 is 0 Å². The number of hydrogen-bond acceptors (Lipinski definition) is 7. The molecule has 184 valence electrons. The summed E-state index contributed by atoms with van der Waals surface area (Å²) in [5.74, 6) is 1.32. The molecule has 0 fully saturated rings. The molecule has 4 N–H and O–H groups in total. The topological polar surface area (TPSA) is 120 Å². The van der Waals surface area contributed by atoms with Gasteiger partial charge in [-0.3, -0.25) is 4.79 Å². The van der Waals surface area contributed by atoms with Gasteiger partial charge in [0, 0.05) is 23.8 Å². The summed E-state index contributed by atoms with van der Waals surface area (Å²) in [6.45, 7) is 4.15. The third kappa shape index (κ3) is 5.70. The molecule has 0 bridgehead atoms. The summed E-state index contributed by atoms with van der Waals surface area (Å²) in [6, 6.07) is 14.2. The van der Waals surface area contributed by atoms with Crippen molar-refractivity contribution in [3.05, 3.63) is 98.9 Å². The third-order valence-corrected chi connectivity index (χ3v) is 5.58. The first kappa shape index (κ1) is 24.5. The van der Waals surface area contributed by atoms with Gasteiger partial charge in [0.25, 0.3) is 0 Å². The van der Waals surface area contributed by atoms with Crippen LogP contribution in [0.4, 0.5) is 0 Å². The number of phenols is 4. The SMILES string of the molecule is CC1=CCc2c(cc3oc(C)cc(=O)c3c2O)OC1.Oc1ccc(C=Cc2cc(O)cc(O)c2)cc1. The maximum atomic E-state index is 12.0. The van der Waals surface area contributed by atoms with Crippen molar-refractivity contribution >= 4 is 23.1 Å². The summed E-state index contributed by atoms with van der Waals surface area (Å²) in [5.41, 5.74) is 3.49. The summed E-state index contributed by atoms with van der Waals surface area (Å²) in [5, 5.41) is 38.3. The molecule has 2 heterocycles. The van der Waals surface area contributed by atoms with E-state index in [4.69, 9.17) is 14.3 Å². The lowest BCUT2D eigenvalue weighted by Crippen LogP contribution is -2.04. The van der Waals surface area contributed by atoms with Gasteiger partial charge in [-0.15, -0.1) is 0 Å². The van der Waals surface area contributed by atoms with Crippen molar-refractivity contribution < 1.29 is 29.6 Å². The van der Waals surface area contributed by atoms with Crippen molar-refractivity contribution in [3.8, 4) is 28.7 Å². The molecule has 0 saturated heterocycles. The Morgan fingerprint density at radius 1 is 0.806 bits per heavy atom. The Kier molecular flexibility index (Phi) is 7.01. The van der Waals surface area contributed by atoms with E-state index in [0.717, 1.165) is 11.1 Å². The summed E-state index contributed by atoms with van der Waals surface area (Å²) in [7, 11) is 0. The lowest BCUT2D eigenvalue weighted by molar-refractivity contribution is 0.349. The van der Waals surface area contributed by atoms with E-state index in [2.05, 4.69) is 0 Å². The Labute approximate surface area is 207 Å². The van der Waals surface area contributed by atoms with Gasteiger partial charge in [-0.2, -0.15) is 0 Å². The molecule has 36 heavy (non-hydrogen) atoms. The van der Waals surface area contributed by atoms with Crippen LogP contribution in [0, 0.1) is 6.92 Å². The fourth-order valence-corrected chi connectivity index (χ4v) is 3.79. The van der Waals surface area contributed by atoms with Crippen molar-refractivity contribution in [2.24, 2.45) is 0 Å². The summed E-state index contributed by atoms with van der Waals surface area (Å²) >= 11 is 0. The van der Waals surface area contributed by atoms with E-state index in [1.165, 1.54) is 12.1 Å². The number of hydrogen-bond donors (Lipinski definition) is 4. The first-order valence-electron chi connectivity index (χ1n) is 11.3. The van der Waals surface area contributed by atoms with Gasteiger partial charge in [-0.1, -0.05) is 30.4 Å². The molecule has 4 aromatic rings. The van der Waals surface area contributed by atoms with Crippen LogP contribution in [0.1, 0.15) is 29.4 Å². The Bertz CT molecular complexity index is 1510. The summed E-state index contributed by atoms with van der Waals surface area (Å²) < 4.78 is 11.1. The molecule has 1 aliphatic heterocycles. The number of allylic oxidation sites excluding steroid dienone is 1. The summed E-state index contributed by atoms with van der Waals surface area (Å²) in [6.07, 6.45) is 6.14. The molecular formula is C29H26O7. The molecule has 0 unspecified atom stereocenters. The van der Waals surface area contributed by atoms with Gasteiger partial charge in [0.15, 0.2) is 5.43 Å². The minimum atomic E-state index is -0.232. The van der Waals surface area contributed by atoms with E-state index in [1.807, 2.05) is 19.1 Å². The Morgan fingerprint density at radius 3 is 2.17 bits per heavy atom. The number of ether oxygens (including phenoxy) is 1. The van der Waals surface area contributed by atoms with Crippen molar-refractivity contribution in [3.63, 3.8) is 0 Å². The standard InChI is InChI=1S/C15H14O4.C14H12O3/c1-8-3-4-10-12(18-7-8)6-13-14(15(10)17)11(16)5-9(2)19-13;15-12-5-3-10(4-6-12)1-2-11-7-13(16)9-14(17)8-11/h3,5-6,17H,4,7H2,1-2H3;1-9,15-17H. The van der Waals surface area contributed by atoms with E-state index in [9.17, 15) is 20.1 Å². The second-order valence-corrected chi connectivity index (χ2v) is 8.55. The van der Waals surface area contributed by atoms with Crippen LogP contribution in [0.25, 0.3) is 23.1 Å². The predicted octanol–water partition coefficient (Wildman–Crippen LogP) is 5.66. The van der Waals surface area contributed by atoms with E-state index >= 15 is 0 Å². The van der Waals surface area contributed by atoms with E-state index in [0.29, 0.717) is 41.2 Å². The van der Waals surface area contributed by atoms with Gasteiger partial charge in [-0.25, -0.2) is 0 Å². The monoisotopic (exact) mass is 486 g/mol. The van der Waals surface area contributed by atoms with Gasteiger partial charge in [0.05, 0.1) is 0 Å². The molecule has 1 aromatic heterocycles. The molecule has 0 atom stereocenters. The van der Waals surface area contributed by atoms with Crippen molar-refractivity contribution in [2.45, 2.75) is 20.3 Å². The van der Waals surface area contributed by atoms with Crippen molar-refractivity contribution in [1.29, 1.82) is 0 Å². The Morgan fingerprint density at radius 2 is 1.47 bits per heavy atom. The predicted molar refractivity (Wildman–Crippen MR) is 139 cm³/mol. The van der Waals surface area contributed by atoms with Crippen LogP contribution in [0.5, 0.6) is 28.7 Å². The molecule has 0 aliphatic carbocycles. The molecule has 0 radical (unpaired) electrons. The Balaban J connectivity index is 0.000000170. The average molecular weight is 487 g/mol. The number of benzene rings is 3. The highest BCUT2D eigenvalue weighted by Crippen LogP contribution is 2.37. The molecular weight excluding hydrogens is 460 g/mol. The van der Waals surface area contributed by atoms with Crippen LogP contribution < -0.4 is 10.2 Å². The number of phenolic OH excluding ortho intramolecular Hbond substituents is 4. The minimum Gasteiger partial charge on any atom is -0.508 e. The molecule has 5 rings (SSSR count). The quantitative estimate of drug-likeness (QED) is 0.213. The molecule has 0 spiro atoms. The number of aryl methyl sites for hydroxylation is 1. The number of aromatic hydroxyl groups is 4. The zero-order valence-electron chi connectivity index (χ0n) is 19.9. The fraction of sp³-hybridized carbons (Fsp3) is 0.138. The van der Waals surface area contributed by atoms with Gasteiger partial charge >= 0.3 is 0 Å². The van der Waals surface area contributed by atoms with Gasteiger partial charge in [0.2, 0.25) is 0 Å². The van der Waals surface area contributed by atoms with Crippen LogP contribution in [0.2, 0.25) is 0 Å². The minimum absolute atomic E-state index is 0.0235. The maximum Gasteiger partial charge on any atom is 0.196 e. The lowest BCUT2D eigenvalue weighted by Gasteiger charge is -2.11. The van der Waals surface area contributed by atoms with Crippen molar-refractivity contribution in [2.75, 3.05) is 6.61 Å². The second kappa shape index (κ2) is 10.3. The first-order valence-corrected chi connectivity index (χ1v) is 11.3. The average Bonchev–Trinajstić information content (AvgIpc) is 3.00. The smallest absolute Gasteiger partial charge is 0.196 e. The highest BCUT2D eigenvalue weighted by atomic mass is 16.5. The highest BCUT2D eigenvalue weighted by molar-refractivity contribution is 5.87. The lowest BCUT2D eigenvalue weighted by atomic mass is 10.0. The molecule has 7 nitrogen and oxygen atoms in total. The van der Waals surface area contributed by atoms with Crippen LogP contribution in [0.15, 0.2) is 75.5 Å². The van der Waals surface area contributed by atoms with E-state index in [-0.39, 0.29) is 33.8 Å². The zero-order chi connectivity index (χ0) is 25.8. The van der Waals surface area contributed by atoms with Crippen LogP contribution in [-0.4, -0.2) is 27.0 Å². The van der Waals surface area contributed by atoms with Crippen LogP contribution in [0.3, 0.4) is 0 Å². The molecule has 0 amide bonds. The van der Waals surface area contributed by atoms with E-state index in [1.54, 1.807) is 55.5 Å². The number of fused-ring (bicyclic) bond motifs is 2. The number of rotatable bonds is 2. The zero-order valence-corrected chi connectivity index (χ0v) is 19.9. The molecule has 0 saturated carbocycles. The molecule has 1 aliphatic rings. The largest absolute Gasteiger partial charge is 0.508 e. The van der Waals surface area contributed by atoms with Gasteiger partial charge in [0.1, 0.15) is 52.1 Å². The van der Waals surface area contributed by atoms with Crippen molar-refractivity contribution in [1.82, 2.24) is 0 Å². The highest BCUT2D eigenvalue weighted by Gasteiger charge is 2.19. The summed E-state index contributed by atoms with van der Waals surface area (Å²) in [4.78, 5) is 12.0. The molecule has 3 aromatic carbocycles. The van der Waals surface area contributed by atoms with Crippen LogP contribution >= 0.6 is 0 Å².